The molecule has 1 heterocycles. The summed E-state index contributed by atoms with van der Waals surface area (Å²) in [4.78, 5) is 23.3. The van der Waals surface area contributed by atoms with Crippen molar-refractivity contribution in [3.63, 3.8) is 0 Å². The summed E-state index contributed by atoms with van der Waals surface area (Å²) in [5, 5.41) is 6.56. The molecule has 0 aliphatic heterocycles. The first-order valence-electron chi connectivity index (χ1n) is 7.28. The van der Waals surface area contributed by atoms with Crippen molar-refractivity contribution in [1.29, 1.82) is 0 Å². The maximum Gasteiger partial charge on any atom is 0.331 e. The summed E-state index contributed by atoms with van der Waals surface area (Å²) in [5.74, 6) is -1.84. The number of nitrogens with zero attached hydrogens (tertiary/aromatic N) is 2. The van der Waals surface area contributed by atoms with Crippen molar-refractivity contribution in [3.05, 3.63) is 53.1 Å². The molecule has 0 aliphatic carbocycles. The van der Waals surface area contributed by atoms with Gasteiger partial charge in [0.2, 0.25) is 0 Å². The van der Waals surface area contributed by atoms with Crippen LogP contribution in [0.25, 0.3) is 6.08 Å². The molecule has 0 bridgehead atoms. The third-order valence-electron chi connectivity index (χ3n) is 3.44. The van der Waals surface area contributed by atoms with E-state index in [1.54, 1.807) is 16.8 Å². The molecule has 0 spiro atoms. The Kier molecular flexibility index (Phi) is 5.47. The highest BCUT2D eigenvalue weighted by Gasteiger charge is 2.10. The standard InChI is InChI=1S/C17H18FN3O3/c1-11-13(12(2)21(3)20-11)8-9-17(23)24-10-16(22)19-15-7-5-4-6-14(15)18/h4-9H,10H2,1-3H3,(H,19,22)/b9-8+. The van der Waals surface area contributed by atoms with E-state index in [1.807, 2.05) is 20.9 Å². The summed E-state index contributed by atoms with van der Waals surface area (Å²) < 4.78 is 19.9. The van der Waals surface area contributed by atoms with Crippen molar-refractivity contribution in [2.45, 2.75) is 13.8 Å². The quantitative estimate of drug-likeness (QED) is 0.674. The first-order chi connectivity index (χ1) is 11.4. The number of esters is 1. The molecule has 0 radical (unpaired) electrons. The van der Waals surface area contributed by atoms with Gasteiger partial charge in [0.05, 0.1) is 11.4 Å². The summed E-state index contributed by atoms with van der Waals surface area (Å²) in [6.45, 7) is 3.22. The van der Waals surface area contributed by atoms with Gasteiger partial charge in [0, 0.05) is 24.4 Å². The number of aromatic nitrogens is 2. The van der Waals surface area contributed by atoms with E-state index in [4.69, 9.17) is 4.74 Å². The number of nitrogens with one attached hydrogen (secondary N) is 1. The zero-order valence-corrected chi connectivity index (χ0v) is 13.7. The molecule has 1 aromatic heterocycles. The number of para-hydroxylation sites is 1. The molecule has 1 aromatic carbocycles. The smallest absolute Gasteiger partial charge is 0.331 e. The van der Waals surface area contributed by atoms with E-state index in [0.717, 1.165) is 17.0 Å². The molecular weight excluding hydrogens is 313 g/mol. The highest BCUT2D eigenvalue weighted by atomic mass is 19.1. The third-order valence-corrected chi connectivity index (χ3v) is 3.44. The molecule has 1 amide bonds. The molecule has 1 N–H and O–H groups in total. The number of halogens is 1. The number of anilines is 1. The lowest BCUT2D eigenvalue weighted by atomic mass is 10.2. The molecule has 24 heavy (non-hydrogen) atoms. The van der Waals surface area contributed by atoms with Gasteiger partial charge in [0.25, 0.3) is 5.91 Å². The van der Waals surface area contributed by atoms with Crippen molar-refractivity contribution in [2.24, 2.45) is 7.05 Å². The van der Waals surface area contributed by atoms with Crippen LogP contribution < -0.4 is 5.32 Å². The van der Waals surface area contributed by atoms with Gasteiger partial charge in [-0.1, -0.05) is 12.1 Å². The van der Waals surface area contributed by atoms with Gasteiger partial charge >= 0.3 is 5.97 Å². The summed E-state index contributed by atoms with van der Waals surface area (Å²) in [5.41, 5.74) is 2.56. The zero-order valence-electron chi connectivity index (χ0n) is 13.7. The molecule has 0 atom stereocenters. The second kappa shape index (κ2) is 7.54. The Morgan fingerprint density at radius 1 is 1.33 bits per heavy atom. The number of carbonyl (C=O) groups is 2. The van der Waals surface area contributed by atoms with Crippen LogP contribution in [0.1, 0.15) is 17.0 Å². The molecule has 2 rings (SSSR count). The predicted molar refractivity (Wildman–Crippen MR) is 87.7 cm³/mol. The molecule has 0 aliphatic rings. The number of benzene rings is 1. The summed E-state index contributed by atoms with van der Waals surface area (Å²) in [6, 6.07) is 5.75. The molecule has 7 heteroatoms. The molecule has 0 fully saturated rings. The Labute approximate surface area is 138 Å². The topological polar surface area (TPSA) is 73.2 Å². The van der Waals surface area contributed by atoms with E-state index >= 15 is 0 Å². The van der Waals surface area contributed by atoms with Crippen LogP contribution in [-0.4, -0.2) is 28.3 Å². The Balaban J connectivity index is 1.88. The minimum atomic E-state index is -0.665. The minimum Gasteiger partial charge on any atom is -0.452 e. The van der Waals surface area contributed by atoms with Gasteiger partial charge in [-0.15, -0.1) is 0 Å². The first-order valence-corrected chi connectivity index (χ1v) is 7.28. The lowest BCUT2D eigenvalue weighted by Gasteiger charge is -2.06. The fourth-order valence-electron chi connectivity index (χ4n) is 2.12. The normalized spacial score (nSPS) is 10.8. The van der Waals surface area contributed by atoms with Crippen molar-refractivity contribution < 1.29 is 18.7 Å². The fraction of sp³-hybridized carbons (Fsp3) is 0.235. The van der Waals surface area contributed by atoms with Gasteiger partial charge in [-0.05, 0) is 32.1 Å². The highest BCUT2D eigenvalue weighted by Crippen LogP contribution is 2.14. The van der Waals surface area contributed by atoms with Crippen LogP contribution >= 0.6 is 0 Å². The van der Waals surface area contributed by atoms with E-state index in [9.17, 15) is 14.0 Å². The lowest BCUT2D eigenvalue weighted by molar-refractivity contribution is -0.142. The highest BCUT2D eigenvalue weighted by molar-refractivity contribution is 5.94. The molecular formula is C17H18FN3O3. The minimum absolute atomic E-state index is 0.0377. The van der Waals surface area contributed by atoms with Gasteiger partial charge < -0.3 is 10.1 Å². The van der Waals surface area contributed by atoms with Crippen LogP contribution in [0.4, 0.5) is 10.1 Å². The van der Waals surface area contributed by atoms with Gasteiger partial charge in [0.1, 0.15) is 5.82 Å². The molecule has 0 saturated carbocycles. The number of hydrogen-bond acceptors (Lipinski definition) is 4. The maximum absolute atomic E-state index is 13.4. The number of rotatable bonds is 5. The van der Waals surface area contributed by atoms with E-state index in [2.05, 4.69) is 10.4 Å². The molecule has 0 saturated heterocycles. The van der Waals surface area contributed by atoms with Crippen molar-refractivity contribution in [1.82, 2.24) is 9.78 Å². The number of aryl methyl sites for hydroxylation is 2. The molecule has 2 aromatic rings. The number of amides is 1. The van der Waals surface area contributed by atoms with E-state index < -0.39 is 24.3 Å². The first kappa shape index (κ1) is 17.4. The van der Waals surface area contributed by atoms with Crippen LogP contribution in [0, 0.1) is 19.7 Å². The molecule has 126 valence electrons. The van der Waals surface area contributed by atoms with Crippen LogP contribution in [0.3, 0.4) is 0 Å². The maximum atomic E-state index is 13.4. The van der Waals surface area contributed by atoms with E-state index in [-0.39, 0.29) is 5.69 Å². The average Bonchev–Trinajstić information content (AvgIpc) is 2.78. The average molecular weight is 331 g/mol. The van der Waals surface area contributed by atoms with E-state index in [1.165, 1.54) is 24.3 Å². The van der Waals surface area contributed by atoms with Crippen molar-refractivity contribution >= 4 is 23.6 Å². The van der Waals surface area contributed by atoms with Crippen LogP contribution in [0.15, 0.2) is 30.3 Å². The largest absolute Gasteiger partial charge is 0.452 e. The Morgan fingerprint density at radius 3 is 2.67 bits per heavy atom. The third kappa shape index (κ3) is 4.28. The van der Waals surface area contributed by atoms with Crippen LogP contribution in [-0.2, 0) is 21.4 Å². The summed E-state index contributed by atoms with van der Waals surface area (Å²) in [6.07, 6.45) is 2.82. The van der Waals surface area contributed by atoms with Gasteiger partial charge in [-0.25, -0.2) is 9.18 Å². The Bertz CT molecular complexity index is 796. The molecule has 0 unspecified atom stereocenters. The second-order valence-electron chi connectivity index (χ2n) is 5.18. The van der Waals surface area contributed by atoms with E-state index in [0.29, 0.717) is 0 Å². The Morgan fingerprint density at radius 2 is 2.04 bits per heavy atom. The van der Waals surface area contributed by atoms with Crippen LogP contribution in [0.2, 0.25) is 0 Å². The van der Waals surface area contributed by atoms with Gasteiger partial charge in [-0.2, -0.15) is 5.10 Å². The van der Waals surface area contributed by atoms with Crippen molar-refractivity contribution in [3.8, 4) is 0 Å². The van der Waals surface area contributed by atoms with Crippen LogP contribution in [0.5, 0.6) is 0 Å². The molecule has 6 nitrogen and oxygen atoms in total. The lowest BCUT2D eigenvalue weighted by Crippen LogP contribution is -2.20. The summed E-state index contributed by atoms with van der Waals surface area (Å²) in [7, 11) is 1.81. The fourth-order valence-corrected chi connectivity index (χ4v) is 2.12. The number of carbonyl (C=O) groups excluding carboxylic acids is 2. The Hall–Kier alpha value is -2.96. The van der Waals surface area contributed by atoms with Gasteiger partial charge in [-0.3, -0.25) is 9.48 Å². The predicted octanol–water partition coefficient (Wildman–Crippen LogP) is 2.37. The monoisotopic (exact) mass is 331 g/mol. The summed E-state index contributed by atoms with van der Waals surface area (Å²) >= 11 is 0. The van der Waals surface area contributed by atoms with Gasteiger partial charge in [0.15, 0.2) is 6.61 Å². The number of hydrogen-bond donors (Lipinski definition) is 1. The zero-order chi connectivity index (χ0) is 17.7. The van der Waals surface area contributed by atoms with Crippen molar-refractivity contribution in [2.75, 3.05) is 11.9 Å². The SMILES string of the molecule is Cc1nn(C)c(C)c1/C=C/C(=O)OCC(=O)Nc1ccccc1F. The number of ether oxygens (including phenoxy) is 1. The second-order valence-corrected chi connectivity index (χ2v) is 5.18.